The molecule has 0 rings (SSSR count). The normalized spacial score (nSPS) is 16.5. The first-order valence-electron chi connectivity index (χ1n) is 8.53. The summed E-state index contributed by atoms with van der Waals surface area (Å²) < 4.78 is 10.3. The highest BCUT2D eigenvalue weighted by atomic mass is 16.5. The molecule has 136 valence electrons. The maximum Gasteiger partial charge on any atom is 0.323 e. The predicted molar refractivity (Wildman–Crippen MR) is 90.6 cm³/mol. The molecular formula is C17H34N2O4. The van der Waals surface area contributed by atoms with Gasteiger partial charge in [0.15, 0.2) is 0 Å². The minimum atomic E-state index is -0.614. The highest BCUT2D eigenvalue weighted by Gasteiger charge is 2.23. The number of hydrogen-bond acceptors (Lipinski definition) is 6. The van der Waals surface area contributed by atoms with Crippen molar-refractivity contribution in [3.8, 4) is 0 Å². The van der Waals surface area contributed by atoms with Crippen molar-refractivity contribution in [3.05, 3.63) is 0 Å². The Morgan fingerprint density at radius 1 is 0.913 bits per heavy atom. The Morgan fingerprint density at radius 3 is 2.00 bits per heavy atom. The summed E-state index contributed by atoms with van der Waals surface area (Å²) in [5, 5.41) is 0. The zero-order chi connectivity index (χ0) is 18.0. The second-order valence-electron chi connectivity index (χ2n) is 6.85. The van der Waals surface area contributed by atoms with Crippen molar-refractivity contribution >= 4 is 11.9 Å². The third kappa shape index (κ3) is 9.56. The van der Waals surface area contributed by atoms with Crippen molar-refractivity contribution in [1.29, 1.82) is 0 Å². The first-order chi connectivity index (χ1) is 10.7. The van der Waals surface area contributed by atoms with Gasteiger partial charge in [-0.2, -0.15) is 0 Å². The molecule has 0 fully saturated rings. The average Bonchev–Trinajstić information content (AvgIpc) is 2.53. The molecule has 0 spiro atoms. The van der Waals surface area contributed by atoms with Gasteiger partial charge in [0.2, 0.25) is 0 Å². The van der Waals surface area contributed by atoms with E-state index in [4.69, 9.17) is 20.9 Å². The number of esters is 2. The summed E-state index contributed by atoms with van der Waals surface area (Å²) in [5.41, 5.74) is 11.5. The molecule has 4 atom stereocenters. The summed E-state index contributed by atoms with van der Waals surface area (Å²) in [7, 11) is 0. The lowest BCUT2D eigenvalue weighted by Gasteiger charge is -2.21. The van der Waals surface area contributed by atoms with Gasteiger partial charge in [0.25, 0.3) is 0 Å². The molecule has 0 aliphatic carbocycles. The van der Waals surface area contributed by atoms with Crippen LogP contribution in [0.2, 0.25) is 0 Å². The minimum Gasteiger partial charge on any atom is -0.464 e. The summed E-state index contributed by atoms with van der Waals surface area (Å²) in [6.45, 7) is 10.5. The number of carbonyl (C=O) groups excluding carboxylic acids is 2. The molecule has 0 aromatic rings. The van der Waals surface area contributed by atoms with Crippen LogP contribution in [0, 0.1) is 17.8 Å². The van der Waals surface area contributed by atoms with E-state index >= 15 is 0 Å². The molecule has 6 nitrogen and oxygen atoms in total. The van der Waals surface area contributed by atoms with Crippen molar-refractivity contribution < 1.29 is 19.1 Å². The summed E-state index contributed by atoms with van der Waals surface area (Å²) in [4.78, 5) is 23.3. The number of nitrogens with two attached hydrogens (primary N) is 2. The standard InChI is InChI=1S/C17H34N2O4/c1-6-14(18)16(20)23-10-12(4)7-8-13(5)15(19)17(21)22-9-11(2)3/h11-15H,6-10,18-19H2,1-5H3/t12?,13?,14-,15-/m0/s1. The topological polar surface area (TPSA) is 105 Å². The lowest BCUT2D eigenvalue weighted by molar-refractivity contribution is -0.147. The van der Waals surface area contributed by atoms with E-state index in [9.17, 15) is 9.59 Å². The fourth-order valence-corrected chi connectivity index (χ4v) is 1.89. The van der Waals surface area contributed by atoms with E-state index in [2.05, 4.69) is 0 Å². The van der Waals surface area contributed by atoms with E-state index in [0.29, 0.717) is 25.6 Å². The van der Waals surface area contributed by atoms with Gasteiger partial charge in [-0.25, -0.2) is 0 Å². The van der Waals surface area contributed by atoms with Crippen molar-refractivity contribution in [2.24, 2.45) is 29.2 Å². The average molecular weight is 330 g/mol. The quantitative estimate of drug-likeness (QED) is 0.560. The van der Waals surface area contributed by atoms with Crippen molar-refractivity contribution in [3.63, 3.8) is 0 Å². The third-order valence-electron chi connectivity index (χ3n) is 3.81. The van der Waals surface area contributed by atoms with Crippen LogP contribution in [0.25, 0.3) is 0 Å². The monoisotopic (exact) mass is 330 g/mol. The van der Waals surface area contributed by atoms with E-state index in [-0.39, 0.29) is 23.8 Å². The molecule has 2 unspecified atom stereocenters. The lowest BCUT2D eigenvalue weighted by Crippen LogP contribution is -2.39. The van der Waals surface area contributed by atoms with Crippen LogP contribution in [0.3, 0.4) is 0 Å². The molecule has 0 saturated carbocycles. The molecular weight excluding hydrogens is 296 g/mol. The first-order valence-corrected chi connectivity index (χ1v) is 8.53. The smallest absolute Gasteiger partial charge is 0.323 e. The van der Waals surface area contributed by atoms with Gasteiger partial charge in [-0.05, 0) is 37.0 Å². The van der Waals surface area contributed by atoms with Crippen LogP contribution in [0.5, 0.6) is 0 Å². The van der Waals surface area contributed by atoms with E-state index in [1.54, 1.807) is 0 Å². The van der Waals surface area contributed by atoms with Crippen LogP contribution >= 0.6 is 0 Å². The van der Waals surface area contributed by atoms with Crippen LogP contribution in [0.15, 0.2) is 0 Å². The van der Waals surface area contributed by atoms with Gasteiger partial charge in [-0.15, -0.1) is 0 Å². The summed E-state index contributed by atoms with van der Waals surface area (Å²) in [6.07, 6.45) is 2.16. The fraction of sp³-hybridized carbons (Fsp3) is 0.882. The molecule has 0 bridgehead atoms. The van der Waals surface area contributed by atoms with Gasteiger partial charge < -0.3 is 20.9 Å². The predicted octanol–water partition coefficient (Wildman–Crippen LogP) is 1.85. The van der Waals surface area contributed by atoms with Crippen molar-refractivity contribution in [1.82, 2.24) is 0 Å². The van der Waals surface area contributed by atoms with Crippen LogP contribution in [0.1, 0.15) is 53.9 Å². The Hall–Kier alpha value is -1.14. The van der Waals surface area contributed by atoms with Gasteiger partial charge in [0.1, 0.15) is 12.1 Å². The van der Waals surface area contributed by atoms with Crippen molar-refractivity contribution in [2.75, 3.05) is 13.2 Å². The van der Waals surface area contributed by atoms with Crippen LogP contribution in [-0.2, 0) is 19.1 Å². The number of ether oxygens (including phenoxy) is 2. The second kappa shape index (κ2) is 11.4. The largest absolute Gasteiger partial charge is 0.464 e. The van der Waals surface area contributed by atoms with E-state index in [1.807, 2.05) is 34.6 Å². The molecule has 23 heavy (non-hydrogen) atoms. The van der Waals surface area contributed by atoms with E-state index in [0.717, 1.165) is 12.8 Å². The SMILES string of the molecule is CC[C@H](N)C(=O)OCC(C)CCC(C)[C@H](N)C(=O)OCC(C)C. The van der Waals surface area contributed by atoms with E-state index < -0.39 is 12.1 Å². The third-order valence-corrected chi connectivity index (χ3v) is 3.81. The van der Waals surface area contributed by atoms with Gasteiger partial charge in [0, 0.05) is 0 Å². The van der Waals surface area contributed by atoms with Gasteiger partial charge in [-0.3, -0.25) is 9.59 Å². The Morgan fingerprint density at radius 2 is 1.48 bits per heavy atom. The maximum absolute atomic E-state index is 11.8. The first kappa shape index (κ1) is 21.9. The molecule has 0 aromatic heterocycles. The van der Waals surface area contributed by atoms with Gasteiger partial charge >= 0.3 is 11.9 Å². The zero-order valence-electron chi connectivity index (χ0n) is 15.2. The molecule has 0 radical (unpaired) electrons. The number of carbonyl (C=O) groups is 2. The van der Waals surface area contributed by atoms with Crippen LogP contribution in [0.4, 0.5) is 0 Å². The Balaban J connectivity index is 4.04. The van der Waals surface area contributed by atoms with Crippen LogP contribution < -0.4 is 11.5 Å². The van der Waals surface area contributed by atoms with Crippen LogP contribution in [-0.4, -0.2) is 37.2 Å². The summed E-state index contributed by atoms with van der Waals surface area (Å²) in [5.74, 6) is -0.193. The Labute approximate surface area is 140 Å². The molecule has 0 heterocycles. The molecule has 0 amide bonds. The molecule has 0 aromatic carbocycles. The fourth-order valence-electron chi connectivity index (χ4n) is 1.89. The summed E-state index contributed by atoms with van der Waals surface area (Å²) in [6, 6.07) is -1.16. The molecule has 0 saturated heterocycles. The maximum atomic E-state index is 11.8. The second-order valence-corrected chi connectivity index (χ2v) is 6.85. The summed E-state index contributed by atoms with van der Waals surface area (Å²) >= 11 is 0. The van der Waals surface area contributed by atoms with Gasteiger partial charge in [0.05, 0.1) is 13.2 Å². The highest BCUT2D eigenvalue weighted by Crippen LogP contribution is 2.16. The Bertz CT molecular complexity index is 361. The van der Waals surface area contributed by atoms with Gasteiger partial charge in [-0.1, -0.05) is 34.6 Å². The zero-order valence-corrected chi connectivity index (χ0v) is 15.2. The van der Waals surface area contributed by atoms with Crippen molar-refractivity contribution in [2.45, 2.75) is 66.0 Å². The number of rotatable bonds is 11. The molecule has 6 heteroatoms. The minimum absolute atomic E-state index is 0.0192. The Kier molecular flexibility index (Phi) is 10.8. The molecule has 0 aliphatic rings. The van der Waals surface area contributed by atoms with E-state index in [1.165, 1.54) is 0 Å². The molecule has 0 aliphatic heterocycles. The highest BCUT2D eigenvalue weighted by molar-refractivity contribution is 5.76. The number of hydrogen-bond donors (Lipinski definition) is 2. The lowest BCUT2D eigenvalue weighted by atomic mass is 9.93. The molecule has 4 N–H and O–H groups in total.